The van der Waals surface area contributed by atoms with E-state index in [4.69, 9.17) is 9.47 Å². The molecule has 0 aliphatic carbocycles. The Bertz CT molecular complexity index is 828. The van der Waals surface area contributed by atoms with Gasteiger partial charge in [0.05, 0.1) is 11.6 Å². The summed E-state index contributed by atoms with van der Waals surface area (Å²) < 4.78 is 11.5. The summed E-state index contributed by atoms with van der Waals surface area (Å²) in [5.41, 5.74) is 0.337. The molecule has 1 fully saturated rings. The van der Waals surface area contributed by atoms with Crippen LogP contribution in [0.15, 0.2) is 54.6 Å². The van der Waals surface area contributed by atoms with Crippen molar-refractivity contribution in [2.45, 2.75) is 37.3 Å². The van der Waals surface area contributed by atoms with Crippen LogP contribution in [0.5, 0.6) is 5.75 Å². The van der Waals surface area contributed by atoms with E-state index in [1.54, 1.807) is 24.3 Å². The molecule has 6 heteroatoms. The summed E-state index contributed by atoms with van der Waals surface area (Å²) in [6.45, 7) is 2.11. The first-order valence-corrected chi connectivity index (χ1v) is 9.68. The molecule has 4 rings (SSSR count). The summed E-state index contributed by atoms with van der Waals surface area (Å²) in [5.74, 6) is 0.180. The van der Waals surface area contributed by atoms with Crippen molar-refractivity contribution in [2.75, 3.05) is 20.2 Å². The molecule has 0 aromatic heterocycles. The maximum atomic E-state index is 12.9. The average Bonchev–Trinajstić information content (AvgIpc) is 2.85. The van der Waals surface area contributed by atoms with Crippen LogP contribution in [0.4, 0.5) is 0 Å². The van der Waals surface area contributed by atoms with Gasteiger partial charge in [-0.25, -0.2) is 0 Å². The Morgan fingerprint density at radius 1 is 1.21 bits per heavy atom. The Hall–Kier alpha value is -2.41. The van der Waals surface area contributed by atoms with E-state index in [1.165, 1.54) is 12.7 Å². The average molecular weight is 382 g/mol. The van der Waals surface area contributed by atoms with E-state index in [0.717, 1.165) is 19.5 Å². The van der Waals surface area contributed by atoms with Crippen molar-refractivity contribution in [1.29, 1.82) is 0 Å². The third-order valence-electron chi connectivity index (χ3n) is 5.64. The van der Waals surface area contributed by atoms with Gasteiger partial charge in [0.25, 0.3) is 5.91 Å². The van der Waals surface area contributed by atoms with Gasteiger partial charge in [0.2, 0.25) is 6.29 Å². The number of rotatable bonds is 3. The molecule has 28 heavy (non-hydrogen) atoms. The van der Waals surface area contributed by atoms with Crippen LogP contribution in [0.1, 0.15) is 28.8 Å². The van der Waals surface area contributed by atoms with Crippen LogP contribution in [0.2, 0.25) is 0 Å². The molecular formula is C22H26N2O4. The molecule has 6 nitrogen and oxygen atoms in total. The molecule has 1 amide bonds. The molecule has 0 spiro atoms. The highest BCUT2D eigenvalue weighted by molar-refractivity contribution is 5.97. The lowest BCUT2D eigenvalue weighted by molar-refractivity contribution is -0.200. The minimum absolute atomic E-state index is 0.241. The number of amides is 1. The second-order valence-electron chi connectivity index (χ2n) is 7.52. The first-order chi connectivity index (χ1) is 13.6. The largest absolute Gasteiger partial charge is 0.461 e. The van der Waals surface area contributed by atoms with E-state index in [0.29, 0.717) is 24.3 Å². The quantitative estimate of drug-likeness (QED) is 0.852. The summed E-state index contributed by atoms with van der Waals surface area (Å²) in [5, 5.41) is 14.6. The van der Waals surface area contributed by atoms with Gasteiger partial charge in [0, 0.05) is 20.2 Å². The third-order valence-corrected chi connectivity index (χ3v) is 5.64. The fourth-order valence-corrected chi connectivity index (χ4v) is 4.17. The lowest BCUT2D eigenvalue weighted by Gasteiger charge is -2.42. The number of fused-ring (bicyclic) bond motifs is 2. The second kappa shape index (κ2) is 7.91. The molecular weight excluding hydrogens is 356 g/mol. The molecule has 2 aliphatic rings. The minimum Gasteiger partial charge on any atom is -0.461 e. The van der Waals surface area contributed by atoms with Crippen LogP contribution < -0.4 is 10.1 Å². The maximum Gasteiger partial charge on any atom is 0.255 e. The van der Waals surface area contributed by atoms with Crippen molar-refractivity contribution in [3.63, 3.8) is 0 Å². The van der Waals surface area contributed by atoms with E-state index in [9.17, 15) is 9.90 Å². The molecule has 3 atom stereocenters. The van der Waals surface area contributed by atoms with Crippen LogP contribution in [0, 0.1) is 0 Å². The Kier molecular flexibility index (Phi) is 5.35. The number of methoxy groups -OCH3 is 1. The lowest BCUT2D eigenvalue weighted by atomic mass is 9.88. The summed E-state index contributed by atoms with van der Waals surface area (Å²) >= 11 is 0. The number of carbonyl (C=O) groups is 1. The van der Waals surface area contributed by atoms with Crippen molar-refractivity contribution in [3.8, 4) is 5.75 Å². The summed E-state index contributed by atoms with van der Waals surface area (Å²) in [6.07, 6.45) is 0.390. The third kappa shape index (κ3) is 3.63. The Balaban J connectivity index is 1.64. The molecule has 2 N–H and O–H groups in total. The number of aliphatic hydroxyl groups is 1. The van der Waals surface area contributed by atoms with Gasteiger partial charge in [0.1, 0.15) is 11.4 Å². The minimum atomic E-state index is -1.32. The van der Waals surface area contributed by atoms with Gasteiger partial charge in [-0.15, -0.1) is 0 Å². The van der Waals surface area contributed by atoms with Gasteiger partial charge in [-0.3, -0.25) is 9.69 Å². The number of hydrogen-bond acceptors (Lipinski definition) is 5. The molecule has 2 heterocycles. The van der Waals surface area contributed by atoms with Crippen molar-refractivity contribution in [2.24, 2.45) is 0 Å². The van der Waals surface area contributed by atoms with Gasteiger partial charge in [-0.1, -0.05) is 42.5 Å². The highest BCUT2D eigenvalue weighted by Gasteiger charge is 2.50. The maximum absolute atomic E-state index is 12.9. The normalized spacial score (nSPS) is 28.0. The van der Waals surface area contributed by atoms with Crippen molar-refractivity contribution >= 4 is 5.91 Å². The van der Waals surface area contributed by atoms with Crippen LogP contribution in [-0.2, 0) is 11.3 Å². The molecule has 2 aromatic rings. The van der Waals surface area contributed by atoms with Crippen molar-refractivity contribution in [3.05, 3.63) is 65.7 Å². The van der Waals surface area contributed by atoms with Gasteiger partial charge in [-0.05, 0) is 37.1 Å². The van der Waals surface area contributed by atoms with E-state index < -0.39 is 17.9 Å². The van der Waals surface area contributed by atoms with E-state index in [1.807, 2.05) is 18.2 Å². The van der Waals surface area contributed by atoms with Crippen molar-refractivity contribution < 1.29 is 19.4 Å². The molecule has 1 saturated heterocycles. The smallest absolute Gasteiger partial charge is 0.255 e. The van der Waals surface area contributed by atoms with E-state index in [2.05, 4.69) is 22.3 Å². The Morgan fingerprint density at radius 3 is 2.75 bits per heavy atom. The van der Waals surface area contributed by atoms with Crippen molar-refractivity contribution in [1.82, 2.24) is 10.2 Å². The van der Waals surface area contributed by atoms with Crippen LogP contribution in [0.25, 0.3) is 0 Å². The standard InChI is InChI=1S/C22H26N2O4/c1-27-21-22(26)12-7-13-24(14-16-8-3-2-4-9-16)15-19(22)23-20(25)17-10-5-6-11-18(17)28-21/h2-6,8-11,19,21,26H,7,12-15H2,1H3,(H,23,25). The molecule has 0 bridgehead atoms. The first-order valence-electron chi connectivity index (χ1n) is 9.68. The van der Waals surface area contributed by atoms with Crippen LogP contribution in [0.3, 0.4) is 0 Å². The number of carbonyl (C=O) groups excluding carboxylic acids is 1. The predicted octanol–water partition coefficient (Wildman–Crippen LogP) is 2.18. The van der Waals surface area contributed by atoms with E-state index >= 15 is 0 Å². The molecule has 3 unspecified atom stereocenters. The van der Waals surface area contributed by atoms with E-state index in [-0.39, 0.29) is 5.91 Å². The Labute approximate surface area is 165 Å². The number of benzene rings is 2. The Morgan fingerprint density at radius 2 is 1.96 bits per heavy atom. The summed E-state index contributed by atoms with van der Waals surface area (Å²) in [6, 6.07) is 16.8. The zero-order valence-corrected chi connectivity index (χ0v) is 16.0. The molecule has 0 radical (unpaired) electrons. The second-order valence-corrected chi connectivity index (χ2v) is 7.52. The van der Waals surface area contributed by atoms with Crippen LogP contribution >= 0.6 is 0 Å². The zero-order chi connectivity index (χ0) is 19.6. The SMILES string of the molecule is COC1Oc2ccccc2C(=O)NC2CN(Cc3ccccc3)CCCC21O. The number of hydrogen-bond donors (Lipinski definition) is 2. The number of ether oxygens (including phenoxy) is 2. The number of para-hydroxylation sites is 1. The molecule has 2 aromatic carbocycles. The van der Waals surface area contributed by atoms with Gasteiger partial charge in [0.15, 0.2) is 0 Å². The number of nitrogens with zero attached hydrogens (tertiary/aromatic N) is 1. The number of likely N-dealkylation sites (tertiary alicyclic amines) is 1. The molecule has 148 valence electrons. The summed E-state index contributed by atoms with van der Waals surface area (Å²) in [4.78, 5) is 15.1. The first kappa shape index (κ1) is 18.9. The van der Waals surface area contributed by atoms with Crippen LogP contribution in [-0.4, -0.2) is 54.0 Å². The zero-order valence-electron chi connectivity index (χ0n) is 16.0. The highest BCUT2D eigenvalue weighted by atomic mass is 16.7. The predicted molar refractivity (Wildman–Crippen MR) is 105 cm³/mol. The van der Waals surface area contributed by atoms with Gasteiger partial charge in [-0.2, -0.15) is 0 Å². The van der Waals surface area contributed by atoms with Gasteiger partial charge >= 0.3 is 0 Å². The molecule has 2 aliphatic heterocycles. The monoisotopic (exact) mass is 382 g/mol. The summed E-state index contributed by atoms with van der Waals surface area (Å²) in [7, 11) is 1.53. The number of nitrogens with one attached hydrogen (secondary N) is 1. The highest BCUT2D eigenvalue weighted by Crippen LogP contribution is 2.33. The lowest BCUT2D eigenvalue weighted by Crippen LogP contribution is -2.64. The molecule has 0 saturated carbocycles. The fourth-order valence-electron chi connectivity index (χ4n) is 4.17. The topological polar surface area (TPSA) is 71.0 Å². The van der Waals surface area contributed by atoms with Gasteiger partial charge < -0.3 is 19.9 Å². The fraction of sp³-hybridized carbons (Fsp3) is 0.409.